The van der Waals surface area contributed by atoms with Gasteiger partial charge in [0.1, 0.15) is 11.3 Å². The summed E-state index contributed by atoms with van der Waals surface area (Å²) in [5.41, 5.74) is 2.22. The number of rotatable bonds is 3. The maximum Gasteiger partial charge on any atom is 0.126 e. The van der Waals surface area contributed by atoms with Crippen molar-refractivity contribution in [1.29, 1.82) is 0 Å². The van der Waals surface area contributed by atoms with Crippen LogP contribution in [0.15, 0.2) is 18.7 Å². The smallest absolute Gasteiger partial charge is 0.126 e. The van der Waals surface area contributed by atoms with E-state index in [0.717, 1.165) is 17.0 Å². The molecule has 2 heterocycles. The van der Waals surface area contributed by atoms with Crippen molar-refractivity contribution in [3.63, 3.8) is 0 Å². The summed E-state index contributed by atoms with van der Waals surface area (Å²) >= 11 is 1.72. The summed E-state index contributed by atoms with van der Waals surface area (Å²) in [6, 6.07) is 0. The molecule has 0 aliphatic rings. The minimum atomic E-state index is 0.523. The summed E-state index contributed by atoms with van der Waals surface area (Å²) in [5, 5.41) is 1.02. The van der Waals surface area contributed by atoms with Gasteiger partial charge in [-0.15, -0.1) is 11.3 Å². The first-order valence-corrected chi connectivity index (χ1v) is 6.26. The fourth-order valence-corrected chi connectivity index (χ4v) is 2.60. The van der Waals surface area contributed by atoms with Gasteiger partial charge in [0.2, 0.25) is 0 Å². The number of aromatic nitrogens is 3. The second-order valence-corrected chi connectivity index (χ2v) is 5.10. The Hall–Kier alpha value is -1.29. The van der Waals surface area contributed by atoms with Crippen LogP contribution in [0.4, 0.5) is 0 Å². The van der Waals surface area contributed by atoms with Crippen molar-refractivity contribution in [3.8, 4) is 10.6 Å². The van der Waals surface area contributed by atoms with Gasteiger partial charge in [0.15, 0.2) is 0 Å². The van der Waals surface area contributed by atoms with Crippen LogP contribution in [-0.2, 0) is 0 Å². The minimum absolute atomic E-state index is 0.523. The second-order valence-electron chi connectivity index (χ2n) is 3.90. The normalized spacial score (nSPS) is 12.7. The van der Waals surface area contributed by atoms with E-state index in [1.54, 1.807) is 17.7 Å². The summed E-state index contributed by atoms with van der Waals surface area (Å²) in [6.07, 6.45) is 6.28. The molecule has 16 heavy (non-hydrogen) atoms. The highest BCUT2D eigenvalue weighted by Gasteiger charge is 2.13. The van der Waals surface area contributed by atoms with Crippen molar-refractivity contribution in [2.75, 3.05) is 0 Å². The summed E-state index contributed by atoms with van der Waals surface area (Å²) in [7, 11) is 0. The van der Waals surface area contributed by atoms with E-state index in [1.165, 1.54) is 10.6 Å². The molecule has 1 atom stereocenters. The van der Waals surface area contributed by atoms with Crippen LogP contribution >= 0.6 is 11.3 Å². The van der Waals surface area contributed by atoms with Crippen molar-refractivity contribution in [2.24, 2.45) is 0 Å². The number of aryl methyl sites for hydroxylation is 1. The Kier molecular flexibility index (Phi) is 3.29. The van der Waals surface area contributed by atoms with E-state index >= 15 is 0 Å². The SMILES string of the molecule is CCC(C)c1nc(-c2cncnc2)sc1C. The highest BCUT2D eigenvalue weighted by atomic mass is 32.1. The van der Waals surface area contributed by atoms with Gasteiger partial charge in [-0.3, -0.25) is 0 Å². The standard InChI is InChI=1S/C12H15N3S/c1-4-8(2)11-9(3)16-12(15-11)10-5-13-7-14-6-10/h5-8H,4H2,1-3H3. The van der Waals surface area contributed by atoms with Crippen molar-refractivity contribution >= 4 is 11.3 Å². The van der Waals surface area contributed by atoms with Gasteiger partial charge in [0.25, 0.3) is 0 Å². The van der Waals surface area contributed by atoms with Crippen LogP contribution in [0.1, 0.15) is 36.8 Å². The lowest BCUT2D eigenvalue weighted by atomic mass is 10.0. The molecule has 0 saturated heterocycles. The molecular formula is C12H15N3S. The van der Waals surface area contributed by atoms with E-state index in [1.807, 2.05) is 12.4 Å². The van der Waals surface area contributed by atoms with Gasteiger partial charge in [-0.05, 0) is 19.3 Å². The Labute approximate surface area is 99.6 Å². The average molecular weight is 233 g/mol. The molecule has 0 aliphatic heterocycles. The molecule has 0 saturated carbocycles. The number of thiazole rings is 1. The second kappa shape index (κ2) is 4.70. The number of hydrogen-bond donors (Lipinski definition) is 0. The first-order chi connectivity index (χ1) is 7.72. The van der Waals surface area contributed by atoms with Gasteiger partial charge < -0.3 is 0 Å². The topological polar surface area (TPSA) is 38.7 Å². The third-order valence-corrected chi connectivity index (χ3v) is 3.75. The third kappa shape index (κ3) is 2.11. The molecule has 0 amide bonds. The molecule has 0 bridgehead atoms. The molecule has 0 fully saturated rings. The van der Waals surface area contributed by atoms with E-state index in [9.17, 15) is 0 Å². The fourth-order valence-electron chi connectivity index (χ4n) is 1.59. The lowest BCUT2D eigenvalue weighted by Gasteiger charge is -2.04. The van der Waals surface area contributed by atoms with Crippen LogP contribution in [0, 0.1) is 6.92 Å². The monoisotopic (exact) mass is 233 g/mol. The molecule has 4 heteroatoms. The largest absolute Gasteiger partial charge is 0.244 e. The Morgan fingerprint density at radius 1 is 1.31 bits per heavy atom. The van der Waals surface area contributed by atoms with Crippen LogP contribution < -0.4 is 0 Å². The van der Waals surface area contributed by atoms with E-state index in [2.05, 4.69) is 35.7 Å². The van der Waals surface area contributed by atoms with Gasteiger partial charge >= 0.3 is 0 Å². The molecule has 0 aliphatic carbocycles. The predicted octanol–water partition coefficient (Wildman–Crippen LogP) is 3.42. The van der Waals surface area contributed by atoms with Crippen molar-refractivity contribution in [2.45, 2.75) is 33.1 Å². The summed E-state index contributed by atoms with van der Waals surface area (Å²) in [6.45, 7) is 6.54. The van der Waals surface area contributed by atoms with E-state index in [4.69, 9.17) is 0 Å². The molecule has 2 rings (SSSR count). The maximum absolute atomic E-state index is 4.69. The lowest BCUT2D eigenvalue weighted by Crippen LogP contribution is -1.93. The minimum Gasteiger partial charge on any atom is -0.244 e. The molecule has 2 aromatic rings. The van der Waals surface area contributed by atoms with Crippen LogP contribution in [0.25, 0.3) is 10.6 Å². The quantitative estimate of drug-likeness (QED) is 0.815. The van der Waals surface area contributed by atoms with Crippen LogP contribution in [0.2, 0.25) is 0 Å². The average Bonchev–Trinajstić information content (AvgIpc) is 2.71. The van der Waals surface area contributed by atoms with E-state index in [-0.39, 0.29) is 0 Å². The molecule has 0 radical (unpaired) electrons. The van der Waals surface area contributed by atoms with Gasteiger partial charge in [-0.1, -0.05) is 13.8 Å². The van der Waals surface area contributed by atoms with E-state index in [0.29, 0.717) is 5.92 Å². The van der Waals surface area contributed by atoms with Gasteiger partial charge in [0.05, 0.1) is 5.69 Å². The van der Waals surface area contributed by atoms with Crippen molar-refractivity contribution in [1.82, 2.24) is 15.0 Å². The van der Waals surface area contributed by atoms with Crippen LogP contribution in [0.3, 0.4) is 0 Å². The zero-order valence-corrected chi connectivity index (χ0v) is 10.6. The molecule has 0 aromatic carbocycles. The highest BCUT2D eigenvalue weighted by Crippen LogP contribution is 2.31. The van der Waals surface area contributed by atoms with Crippen molar-refractivity contribution < 1.29 is 0 Å². The zero-order chi connectivity index (χ0) is 11.5. The number of nitrogens with zero attached hydrogens (tertiary/aromatic N) is 3. The molecule has 1 unspecified atom stereocenters. The molecule has 0 spiro atoms. The zero-order valence-electron chi connectivity index (χ0n) is 9.77. The lowest BCUT2D eigenvalue weighted by molar-refractivity contribution is 0.709. The molecule has 2 aromatic heterocycles. The predicted molar refractivity (Wildman–Crippen MR) is 66.6 cm³/mol. The Morgan fingerprint density at radius 2 is 2.00 bits per heavy atom. The van der Waals surface area contributed by atoms with Gasteiger partial charge in [-0.25, -0.2) is 15.0 Å². The van der Waals surface area contributed by atoms with Gasteiger partial charge in [0, 0.05) is 22.8 Å². The molecular weight excluding hydrogens is 218 g/mol. The summed E-state index contributed by atoms with van der Waals surface area (Å²) in [4.78, 5) is 14.0. The number of hydrogen-bond acceptors (Lipinski definition) is 4. The molecule has 3 nitrogen and oxygen atoms in total. The maximum atomic E-state index is 4.69. The third-order valence-electron chi connectivity index (χ3n) is 2.72. The fraction of sp³-hybridized carbons (Fsp3) is 0.417. The Morgan fingerprint density at radius 3 is 2.62 bits per heavy atom. The van der Waals surface area contributed by atoms with Gasteiger partial charge in [-0.2, -0.15) is 0 Å². The summed E-state index contributed by atoms with van der Waals surface area (Å²) < 4.78 is 0. The van der Waals surface area contributed by atoms with Crippen molar-refractivity contribution in [3.05, 3.63) is 29.3 Å². The highest BCUT2D eigenvalue weighted by molar-refractivity contribution is 7.15. The first kappa shape index (κ1) is 11.2. The Bertz CT molecular complexity index is 464. The Balaban J connectivity index is 2.38. The molecule has 84 valence electrons. The van der Waals surface area contributed by atoms with Crippen LogP contribution in [0.5, 0.6) is 0 Å². The van der Waals surface area contributed by atoms with Crippen LogP contribution in [-0.4, -0.2) is 15.0 Å². The molecule has 0 N–H and O–H groups in total. The first-order valence-electron chi connectivity index (χ1n) is 5.45. The van der Waals surface area contributed by atoms with E-state index < -0.39 is 0 Å². The summed E-state index contributed by atoms with van der Waals surface area (Å²) in [5.74, 6) is 0.523.